The molecule has 108 valence electrons. The minimum atomic E-state index is 0.168. The van der Waals surface area contributed by atoms with E-state index in [9.17, 15) is 0 Å². The highest BCUT2D eigenvalue weighted by molar-refractivity contribution is 7.81. The predicted octanol–water partition coefficient (Wildman–Crippen LogP) is 3.90. The van der Waals surface area contributed by atoms with Crippen LogP contribution in [0.2, 0.25) is 0 Å². The maximum absolute atomic E-state index is 4.90. The highest BCUT2D eigenvalue weighted by atomic mass is 32.1. The van der Waals surface area contributed by atoms with Gasteiger partial charge in [-0.3, -0.25) is 0 Å². The maximum atomic E-state index is 4.90. The topological polar surface area (TPSA) is 12.0 Å². The molecule has 0 bridgehead atoms. The standard InChI is InChI=1S/C15H31NS2/c1-5-11(2)14(10-17)13-8-15(4,18)6-7-16-9-12(13)3/h11-14,16-18H,5-10H2,1-4H3. The highest BCUT2D eigenvalue weighted by Gasteiger charge is 2.35. The summed E-state index contributed by atoms with van der Waals surface area (Å²) in [6, 6.07) is 0. The lowest BCUT2D eigenvalue weighted by Crippen LogP contribution is -2.42. The molecule has 0 saturated carbocycles. The van der Waals surface area contributed by atoms with Crippen molar-refractivity contribution in [3.05, 3.63) is 0 Å². The van der Waals surface area contributed by atoms with Crippen molar-refractivity contribution in [2.24, 2.45) is 23.7 Å². The molecule has 1 N–H and O–H groups in total. The van der Waals surface area contributed by atoms with Crippen molar-refractivity contribution < 1.29 is 0 Å². The lowest BCUT2D eigenvalue weighted by molar-refractivity contribution is 0.156. The summed E-state index contributed by atoms with van der Waals surface area (Å²) in [5.74, 6) is 3.96. The number of hydrogen-bond acceptors (Lipinski definition) is 3. The molecule has 0 aliphatic carbocycles. The van der Waals surface area contributed by atoms with E-state index in [0.29, 0.717) is 0 Å². The van der Waals surface area contributed by atoms with Gasteiger partial charge in [-0.1, -0.05) is 34.1 Å². The molecule has 0 aromatic carbocycles. The molecule has 5 unspecified atom stereocenters. The Kier molecular flexibility index (Phi) is 6.91. The minimum Gasteiger partial charge on any atom is -0.316 e. The van der Waals surface area contributed by atoms with Crippen LogP contribution in [0.15, 0.2) is 0 Å². The van der Waals surface area contributed by atoms with Crippen molar-refractivity contribution in [1.29, 1.82) is 0 Å². The van der Waals surface area contributed by atoms with Crippen LogP contribution < -0.4 is 5.32 Å². The fraction of sp³-hybridized carbons (Fsp3) is 1.00. The van der Waals surface area contributed by atoms with Crippen LogP contribution in [-0.4, -0.2) is 23.6 Å². The van der Waals surface area contributed by atoms with Gasteiger partial charge in [0.05, 0.1) is 0 Å². The van der Waals surface area contributed by atoms with Crippen LogP contribution in [0.4, 0.5) is 0 Å². The van der Waals surface area contributed by atoms with Gasteiger partial charge in [-0.05, 0) is 55.4 Å². The van der Waals surface area contributed by atoms with Crippen molar-refractivity contribution in [3.8, 4) is 0 Å². The Bertz CT molecular complexity index is 243. The summed E-state index contributed by atoms with van der Waals surface area (Å²) in [4.78, 5) is 0. The second-order valence-electron chi connectivity index (χ2n) is 6.53. The van der Waals surface area contributed by atoms with Crippen LogP contribution in [-0.2, 0) is 0 Å². The lowest BCUT2D eigenvalue weighted by Gasteiger charge is -2.41. The zero-order chi connectivity index (χ0) is 13.8. The summed E-state index contributed by atoms with van der Waals surface area (Å²) in [5.41, 5.74) is 0. The van der Waals surface area contributed by atoms with Crippen LogP contribution in [0.25, 0.3) is 0 Å². The minimum absolute atomic E-state index is 0.168. The first-order valence-corrected chi connectivity index (χ1v) is 8.53. The largest absolute Gasteiger partial charge is 0.316 e. The maximum Gasteiger partial charge on any atom is 0.0116 e. The van der Waals surface area contributed by atoms with Crippen molar-refractivity contribution in [3.63, 3.8) is 0 Å². The summed E-state index contributed by atoms with van der Waals surface area (Å²) in [5, 5.41) is 3.58. The summed E-state index contributed by atoms with van der Waals surface area (Å²) in [6.45, 7) is 11.6. The molecule has 1 fully saturated rings. The molecule has 3 heteroatoms. The molecule has 0 amide bonds. The van der Waals surface area contributed by atoms with E-state index in [1.807, 2.05) is 0 Å². The third-order valence-electron chi connectivity index (χ3n) is 4.85. The quantitative estimate of drug-likeness (QED) is 0.667. The van der Waals surface area contributed by atoms with Crippen molar-refractivity contribution >= 4 is 25.3 Å². The summed E-state index contributed by atoms with van der Waals surface area (Å²) in [6.07, 6.45) is 3.65. The first kappa shape index (κ1) is 16.7. The van der Waals surface area contributed by atoms with Crippen LogP contribution in [0, 0.1) is 23.7 Å². The normalized spacial score (nSPS) is 37.7. The third kappa shape index (κ3) is 4.64. The second kappa shape index (κ2) is 7.44. The number of hydrogen-bond donors (Lipinski definition) is 3. The van der Waals surface area contributed by atoms with Crippen molar-refractivity contribution in [1.82, 2.24) is 5.32 Å². The number of thiol groups is 2. The van der Waals surface area contributed by atoms with Gasteiger partial charge in [-0.2, -0.15) is 25.3 Å². The first-order valence-electron chi connectivity index (χ1n) is 7.45. The molecular weight excluding hydrogens is 258 g/mol. The first-order chi connectivity index (χ1) is 8.41. The molecule has 5 atom stereocenters. The fourth-order valence-electron chi connectivity index (χ4n) is 3.26. The Morgan fingerprint density at radius 2 is 2.11 bits per heavy atom. The highest BCUT2D eigenvalue weighted by Crippen LogP contribution is 2.39. The van der Waals surface area contributed by atoms with Gasteiger partial charge in [0.15, 0.2) is 0 Å². The molecule has 1 saturated heterocycles. The third-order valence-corrected chi connectivity index (χ3v) is 5.68. The Morgan fingerprint density at radius 3 is 2.67 bits per heavy atom. The number of nitrogens with one attached hydrogen (secondary N) is 1. The van der Waals surface area contributed by atoms with E-state index in [0.717, 1.165) is 42.5 Å². The molecule has 1 aliphatic heterocycles. The van der Waals surface area contributed by atoms with E-state index in [2.05, 4.69) is 45.6 Å². The van der Waals surface area contributed by atoms with E-state index in [-0.39, 0.29) is 4.75 Å². The second-order valence-corrected chi connectivity index (χ2v) is 7.97. The number of rotatable bonds is 4. The van der Waals surface area contributed by atoms with Gasteiger partial charge in [0.25, 0.3) is 0 Å². The van der Waals surface area contributed by atoms with Gasteiger partial charge in [0.1, 0.15) is 0 Å². The van der Waals surface area contributed by atoms with E-state index in [1.165, 1.54) is 19.3 Å². The Morgan fingerprint density at radius 1 is 1.44 bits per heavy atom. The van der Waals surface area contributed by atoms with Crippen molar-refractivity contribution in [2.75, 3.05) is 18.8 Å². The van der Waals surface area contributed by atoms with Crippen LogP contribution >= 0.6 is 25.3 Å². The average Bonchev–Trinajstić information content (AvgIpc) is 2.32. The average molecular weight is 290 g/mol. The Labute approximate surface area is 125 Å². The SMILES string of the molecule is CCC(C)C(CS)C1CC(C)(S)CCNCC1C. The monoisotopic (exact) mass is 289 g/mol. The van der Waals surface area contributed by atoms with Crippen LogP contribution in [0.5, 0.6) is 0 Å². The van der Waals surface area contributed by atoms with E-state index in [1.54, 1.807) is 0 Å². The Hall–Kier alpha value is 0.660. The van der Waals surface area contributed by atoms with E-state index in [4.69, 9.17) is 12.6 Å². The fourth-order valence-corrected chi connectivity index (χ4v) is 4.22. The lowest BCUT2D eigenvalue weighted by atomic mass is 9.71. The molecule has 0 aromatic rings. The molecule has 0 spiro atoms. The van der Waals surface area contributed by atoms with Gasteiger partial charge < -0.3 is 5.32 Å². The van der Waals surface area contributed by atoms with Gasteiger partial charge >= 0.3 is 0 Å². The van der Waals surface area contributed by atoms with Crippen LogP contribution in [0.1, 0.15) is 47.0 Å². The summed E-state index contributed by atoms with van der Waals surface area (Å²) < 4.78 is 0.168. The Balaban J connectivity index is 2.83. The molecule has 1 aliphatic rings. The zero-order valence-corrected chi connectivity index (χ0v) is 14.2. The molecule has 1 heterocycles. The van der Waals surface area contributed by atoms with Crippen LogP contribution in [0.3, 0.4) is 0 Å². The van der Waals surface area contributed by atoms with Gasteiger partial charge in [-0.15, -0.1) is 0 Å². The molecule has 1 nitrogen and oxygen atoms in total. The van der Waals surface area contributed by atoms with E-state index >= 15 is 0 Å². The summed E-state index contributed by atoms with van der Waals surface area (Å²) in [7, 11) is 0. The molecule has 18 heavy (non-hydrogen) atoms. The van der Waals surface area contributed by atoms with Gasteiger partial charge in [0, 0.05) is 4.75 Å². The summed E-state index contributed by atoms with van der Waals surface area (Å²) >= 11 is 9.53. The van der Waals surface area contributed by atoms with Gasteiger partial charge in [-0.25, -0.2) is 0 Å². The van der Waals surface area contributed by atoms with E-state index < -0.39 is 0 Å². The molecule has 0 radical (unpaired) electrons. The predicted molar refractivity (Wildman–Crippen MR) is 88.9 cm³/mol. The molecule has 0 aromatic heterocycles. The smallest absolute Gasteiger partial charge is 0.0116 e. The zero-order valence-electron chi connectivity index (χ0n) is 12.4. The molecular formula is C15H31NS2. The van der Waals surface area contributed by atoms with Gasteiger partial charge in [0.2, 0.25) is 0 Å². The van der Waals surface area contributed by atoms with Crippen molar-refractivity contribution in [2.45, 2.75) is 51.7 Å². The molecule has 1 rings (SSSR count).